The summed E-state index contributed by atoms with van der Waals surface area (Å²) in [4.78, 5) is 23.5. The van der Waals surface area contributed by atoms with Gasteiger partial charge in [-0.1, -0.05) is 0 Å². The molecular weight excluding hydrogens is 272 g/mol. The number of hydrogen-bond acceptors (Lipinski definition) is 4. The maximum atomic E-state index is 11.9. The smallest absolute Gasteiger partial charge is 0.255 e. The van der Waals surface area contributed by atoms with Crippen molar-refractivity contribution in [3.05, 3.63) is 23.8 Å². The number of benzene rings is 1. The van der Waals surface area contributed by atoms with Crippen molar-refractivity contribution in [1.82, 2.24) is 10.6 Å². The molecule has 2 amide bonds. The zero-order valence-corrected chi connectivity index (χ0v) is 12.8. The lowest BCUT2D eigenvalue weighted by atomic mass is 10.1. The van der Waals surface area contributed by atoms with Gasteiger partial charge in [0.2, 0.25) is 5.91 Å². The number of methoxy groups -OCH3 is 1. The maximum absolute atomic E-state index is 11.9. The van der Waals surface area contributed by atoms with Crippen molar-refractivity contribution >= 4 is 11.8 Å². The van der Waals surface area contributed by atoms with E-state index >= 15 is 0 Å². The fourth-order valence-corrected chi connectivity index (χ4v) is 1.70. The highest BCUT2D eigenvalue weighted by Crippen LogP contribution is 2.23. The number of phenols is 1. The second-order valence-corrected chi connectivity index (χ2v) is 5.69. The molecule has 116 valence electrons. The van der Waals surface area contributed by atoms with Crippen molar-refractivity contribution in [2.24, 2.45) is 0 Å². The van der Waals surface area contributed by atoms with E-state index in [4.69, 9.17) is 4.74 Å². The molecule has 0 atom stereocenters. The van der Waals surface area contributed by atoms with E-state index in [-0.39, 0.29) is 35.7 Å². The summed E-state index contributed by atoms with van der Waals surface area (Å²) in [5.41, 5.74) is -0.151. The quantitative estimate of drug-likeness (QED) is 0.766. The molecule has 1 aromatic carbocycles. The fourth-order valence-electron chi connectivity index (χ4n) is 1.70. The Bertz CT molecular complexity index is 521. The van der Waals surface area contributed by atoms with Crippen LogP contribution in [0.15, 0.2) is 18.2 Å². The van der Waals surface area contributed by atoms with Crippen molar-refractivity contribution < 1.29 is 19.4 Å². The first-order valence-electron chi connectivity index (χ1n) is 6.69. The van der Waals surface area contributed by atoms with Gasteiger partial charge in [0.25, 0.3) is 5.91 Å². The Morgan fingerprint density at radius 3 is 2.48 bits per heavy atom. The molecule has 0 spiro atoms. The topological polar surface area (TPSA) is 87.7 Å². The monoisotopic (exact) mass is 294 g/mol. The molecule has 1 aromatic rings. The van der Waals surface area contributed by atoms with E-state index in [1.54, 1.807) is 6.07 Å². The summed E-state index contributed by atoms with van der Waals surface area (Å²) in [6, 6.07) is 4.42. The Kier molecular flexibility index (Phi) is 5.58. The zero-order valence-electron chi connectivity index (χ0n) is 12.8. The predicted molar refractivity (Wildman–Crippen MR) is 79.5 cm³/mol. The average Bonchev–Trinajstić information content (AvgIpc) is 2.36. The van der Waals surface area contributed by atoms with E-state index in [0.717, 1.165) is 0 Å². The second kappa shape index (κ2) is 6.97. The minimum atomic E-state index is -0.432. The third-order valence-corrected chi connectivity index (χ3v) is 2.60. The minimum absolute atomic E-state index is 0.137. The highest BCUT2D eigenvalue weighted by molar-refractivity contribution is 5.97. The van der Waals surface area contributed by atoms with E-state index < -0.39 is 5.91 Å². The molecule has 0 saturated carbocycles. The van der Waals surface area contributed by atoms with Crippen molar-refractivity contribution in [2.45, 2.75) is 32.7 Å². The Hall–Kier alpha value is -2.24. The van der Waals surface area contributed by atoms with E-state index in [0.29, 0.717) is 5.75 Å². The Labute approximate surface area is 124 Å². The second-order valence-electron chi connectivity index (χ2n) is 5.69. The van der Waals surface area contributed by atoms with E-state index in [9.17, 15) is 14.7 Å². The summed E-state index contributed by atoms with van der Waals surface area (Å²) in [6.45, 7) is 5.86. The van der Waals surface area contributed by atoms with Crippen LogP contribution in [0.4, 0.5) is 0 Å². The molecule has 0 aliphatic heterocycles. The highest BCUT2D eigenvalue weighted by atomic mass is 16.5. The molecule has 1 rings (SSSR count). The number of hydrogen-bond donors (Lipinski definition) is 3. The van der Waals surface area contributed by atoms with Crippen LogP contribution < -0.4 is 15.4 Å². The number of carbonyl (C=O) groups excluding carboxylic acids is 2. The van der Waals surface area contributed by atoms with E-state index in [1.165, 1.54) is 19.2 Å². The highest BCUT2D eigenvalue weighted by Gasteiger charge is 2.15. The van der Waals surface area contributed by atoms with E-state index in [1.807, 2.05) is 20.8 Å². The number of nitrogens with one attached hydrogen (secondary N) is 2. The van der Waals surface area contributed by atoms with Gasteiger partial charge in [-0.05, 0) is 32.9 Å². The van der Waals surface area contributed by atoms with Crippen LogP contribution in [-0.4, -0.2) is 36.1 Å². The molecule has 0 aliphatic rings. The zero-order chi connectivity index (χ0) is 16.0. The molecule has 6 heteroatoms. The Morgan fingerprint density at radius 2 is 1.95 bits per heavy atom. The molecule has 21 heavy (non-hydrogen) atoms. The molecule has 0 heterocycles. The van der Waals surface area contributed by atoms with Gasteiger partial charge in [0.15, 0.2) is 0 Å². The number of carbonyl (C=O) groups is 2. The molecule has 0 aromatic heterocycles. The van der Waals surface area contributed by atoms with Crippen LogP contribution in [0.1, 0.15) is 37.6 Å². The van der Waals surface area contributed by atoms with Crippen molar-refractivity contribution in [3.8, 4) is 11.5 Å². The van der Waals surface area contributed by atoms with Gasteiger partial charge < -0.3 is 20.5 Å². The van der Waals surface area contributed by atoms with Gasteiger partial charge in [-0.15, -0.1) is 0 Å². The fraction of sp³-hybridized carbons (Fsp3) is 0.467. The lowest BCUT2D eigenvalue weighted by Gasteiger charge is -2.20. The Balaban J connectivity index is 2.49. The summed E-state index contributed by atoms with van der Waals surface area (Å²) in [6.07, 6.45) is 0.180. The lowest BCUT2D eigenvalue weighted by Crippen LogP contribution is -2.41. The molecule has 6 nitrogen and oxygen atoms in total. The summed E-state index contributed by atoms with van der Waals surface area (Å²) in [5.74, 6) is -0.264. The number of phenolic OH excluding ortho intramolecular Hbond substituents is 1. The normalized spacial score (nSPS) is 10.9. The molecule has 0 radical (unpaired) electrons. The summed E-state index contributed by atoms with van der Waals surface area (Å²) in [5, 5.41) is 15.1. The van der Waals surface area contributed by atoms with Crippen LogP contribution in [0.5, 0.6) is 11.5 Å². The molecule has 0 bridgehead atoms. The predicted octanol–water partition coefficient (Wildman–Crippen LogP) is 1.44. The summed E-state index contributed by atoms with van der Waals surface area (Å²) >= 11 is 0. The van der Waals surface area contributed by atoms with Crippen molar-refractivity contribution in [2.75, 3.05) is 13.7 Å². The molecule has 3 N–H and O–H groups in total. The van der Waals surface area contributed by atoms with Gasteiger partial charge in [-0.25, -0.2) is 0 Å². The van der Waals surface area contributed by atoms with E-state index in [2.05, 4.69) is 10.6 Å². The first-order valence-corrected chi connectivity index (χ1v) is 6.69. The van der Waals surface area contributed by atoms with Crippen molar-refractivity contribution in [1.29, 1.82) is 0 Å². The SMILES string of the molecule is COc1ccc(C(=O)NCCC(=O)NC(C)(C)C)c(O)c1. The largest absolute Gasteiger partial charge is 0.507 e. The van der Waals surface area contributed by atoms with Crippen LogP contribution in [-0.2, 0) is 4.79 Å². The third-order valence-electron chi connectivity index (χ3n) is 2.60. The summed E-state index contributed by atoms with van der Waals surface area (Å²) in [7, 11) is 1.47. The van der Waals surface area contributed by atoms with Crippen LogP contribution >= 0.6 is 0 Å². The molecule has 0 fully saturated rings. The van der Waals surface area contributed by atoms with Gasteiger partial charge in [-0.3, -0.25) is 9.59 Å². The van der Waals surface area contributed by atoms with Gasteiger partial charge in [0, 0.05) is 24.6 Å². The standard InChI is InChI=1S/C15H22N2O4/c1-15(2,3)17-13(19)7-8-16-14(20)11-6-5-10(21-4)9-12(11)18/h5-6,9,18H,7-8H2,1-4H3,(H,16,20)(H,17,19). The maximum Gasteiger partial charge on any atom is 0.255 e. The number of rotatable bonds is 5. The van der Waals surface area contributed by atoms with Crippen LogP contribution in [0.3, 0.4) is 0 Å². The first kappa shape index (κ1) is 16.8. The average molecular weight is 294 g/mol. The molecule has 0 unspecified atom stereocenters. The van der Waals surface area contributed by atoms with Gasteiger partial charge in [-0.2, -0.15) is 0 Å². The number of ether oxygens (including phenoxy) is 1. The summed E-state index contributed by atoms with van der Waals surface area (Å²) < 4.78 is 4.94. The van der Waals surface area contributed by atoms with Crippen LogP contribution in [0.2, 0.25) is 0 Å². The number of aromatic hydroxyl groups is 1. The lowest BCUT2D eigenvalue weighted by molar-refractivity contribution is -0.122. The Morgan fingerprint density at radius 1 is 1.29 bits per heavy atom. The van der Waals surface area contributed by atoms with Crippen molar-refractivity contribution in [3.63, 3.8) is 0 Å². The van der Waals surface area contributed by atoms with Gasteiger partial charge in [0.05, 0.1) is 12.7 Å². The first-order chi connectivity index (χ1) is 9.73. The van der Waals surface area contributed by atoms with Crippen LogP contribution in [0, 0.1) is 0 Å². The minimum Gasteiger partial charge on any atom is -0.507 e. The molecule has 0 aliphatic carbocycles. The van der Waals surface area contributed by atoms with Gasteiger partial charge in [0.1, 0.15) is 11.5 Å². The van der Waals surface area contributed by atoms with Crippen LogP contribution in [0.25, 0.3) is 0 Å². The number of amides is 2. The molecule has 0 saturated heterocycles. The third kappa shape index (κ3) is 5.72. The van der Waals surface area contributed by atoms with Gasteiger partial charge >= 0.3 is 0 Å². The molecular formula is C15H22N2O4.